The number of unbranched alkanes of at least 4 members (excludes halogenated alkanes) is 1. The van der Waals surface area contributed by atoms with Gasteiger partial charge in [-0.15, -0.1) is 0 Å². The standard InChI is InChI=1S/C14H16N2O/c17-14-9-7-12(8-10-14)4-1-2-5-13-6-3-11-15-16-13/h3,6-11,17H,1-2,4-5H2. The molecule has 0 saturated carbocycles. The number of aromatic nitrogens is 2. The molecule has 0 unspecified atom stereocenters. The van der Waals surface area contributed by atoms with Gasteiger partial charge in [-0.25, -0.2) is 0 Å². The van der Waals surface area contributed by atoms with Crippen LogP contribution in [0.3, 0.4) is 0 Å². The van der Waals surface area contributed by atoms with Gasteiger partial charge < -0.3 is 5.11 Å². The van der Waals surface area contributed by atoms with Crippen molar-refractivity contribution in [3.63, 3.8) is 0 Å². The normalized spacial score (nSPS) is 10.4. The van der Waals surface area contributed by atoms with Crippen molar-refractivity contribution in [3.05, 3.63) is 53.9 Å². The SMILES string of the molecule is Oc1ccc(CCCCc2cccnn2)cc1. The minimum Gasteiger partial charge on any atom is -0.508 e. The van der Waals surface area contributed by atoms with Crippen LogP contribution in [0.15, 0.2) is 42.6 Å². The smallest absolute Gasteiger partial charge is 0.115 e. The highest BCUT2D eigenvalue weighted by atomic mass is 16.3. The number of phenols is 1. The van der Waals surface area contributed by atoms with E-state index in [4.69, 9.17) is 5.11 Å². The highest BCUT2D eigenvalue weighted by molar-refractivity contribution is 5.25. The quantitative estimate of drug-likeness (QED) is 0.800. The van der Waals surface area contributed by atoms with Crippen LogP contribution in [0.1, 0.15) is 24.1 Å². The zero-order chi connectivity index (χ0) is 11.9. The zero-order valence-corrected chi connectivity index (χ0v) is 9.71. The summed E-state index contributed by atoms with van der Waals surface area (Å²) in [7, 11) is 0. The molecule has 0 saturated heterocycles. The molecule has 0 bridgehead atoms. The lowest BCUT2D eigenvalue weighted by Gasteiger charge is -2.01. The first-order chi connectivity index (χ1) is 8.34. The molecule has 0 amide bonds. The van der Waals surface area contributed by atoms with E-state index in [0.717, 1.165) is 31.4 Å². The Morgan fingerprint density at radius 3 is 2.41 bits per heavy atom. The largest absolute Gasteiger partial charge is 0.508 e. The zero-order valence-electron chi connectivity index (χ0n) is 9.71. The molecule has 0 aliphatic rings. The maximum absolute atomic E-state index is 9.16. The van der Waals surface area contributed by atoms with Crippen LogP contribution >= 0.6 is 0 Å². The van der Waals surface area contributed by atoms with E-state index in [2.05, 4.69) is 10.2 Å². The highest BCUT2D eigenvalue weighted by Gasteiger charge is 1.96. The van der Waals surface area contributed by atoms with Crippen LogP contribution in [-0.4, -0.2) is 15.3 Å². The Labute approximate surface area is 101 Å². The van der Waals surface area contributed by atoms with Gasteiger partial charge in [0.1, 0.15) is 5.75 Å². The second kappa shape index (κ2) is 5.99. The molecule has 0 atom stereocenters. The molecule has 88 valence electrons. The Morgan fingerprint density at radius 2 is 1.71 bits per heavy atom. The van der Waals surface area contributed by atoms with E-state index in [1.54, 1.807) is 18.3 Å². The summed E-state index contributed by atoms with van der Waals surface area (Å²) in [6.45, 7) is 0. The maximum Gasteiger partial charge on any atom is 0.115 e. The van der Waals surface area contributed by atoms with E-state index in [9.17, 15) is 0 Å². The summed E-state index contributed by atoms with van der Waals surface area (Å²) >= 11 is 0. The van der Waals surface area contributed by atoms with Crippen molar-refractivity contribution in [3.8, 4) is 5.75 Å². The number of benzene rings is 1. The van der Waals surface area contributed by atoms with Crippen LogP contribution in [0.5, 0.6) is 5.75 Å². The van der Waals surface area contributed by atoms with Gasteiger partial charge in [-0.2, -0.15) is 10.2 Å². The number of rotatable bonds is 5. The number of nitrogens with zero attached hydrogens (tertiary/aromatic N) is 2. The van der Waals surface area contributed by atoms with Crippen molar-refractivity contribution < 1.29 is 5.11 Å². The van der Waals surface area contributed by atoms with E-state index in [0.29, 0.717) is 5.75 Å². The number of hydrogen-bond acceptors (Lipinski definition) is 3. The molecule has 17 heavy (non-hydrogen) atoms. The fourth-order valence-electron chi connectivity index (χ4n) is 1.76. The first-order valence-electron chi connectivity index (χ1n) is 5.89. The van der Waals surface area contributed by atoms with Crippen molar-refractivity contribution in [1.29, 1.82) is 0 Å². The van der Waals surface area contributed by atoms with Crippen molar-refractivity contribution in [1.82, 2.24) is 10.2 Å². The molecule has 0 fully saturated rings. The summed E-state index contributed by atoms with van der Waals surface area (Å²) in [4.78, 5) is 0. The molecule has 0 spiro atoms. The Hall–Kier alpha value is -1.90. The van der Waals surface area contributed by atoms with E-state index < -0.39 is 0 Å². The number of phenolic OH excluding ortho intramolecular Hbond substituents is 1. The number of hydrogen-bond donors (Lipinski definition) is 1. The minimum atomic E-state index is 0.327. The number of aryl methyl sites for hydroxylation is 2. The van der Waals surface area contributed by atoms with Crippen LogP contribution < -0.4 is 0 Å². The molecule has 3 heteroatoms. The van der Waals surface area contributed by atoms with E-state index in [1.165, 1.54) is 5.56 Å². The summed E-state index contributed by atoms with van der Waals surface area (Å²) in [5.41, 5.74) is 2.32. The average Bonchev–Trinajstić information content (AvgIpc) is 2.38. The van der Waals surface area contributed by atoms with Crippen LogP contribution in [0.4, 0.5) is 0 Å². The third kappa shape index (κ3) is 3.87. The molecule has 0 radical (unpaired) electrons. The van der Waals surface area contributed by atoms with Crippen molar-refractivity contribution in [2.24, 2.45) is 0 Å². The predicted molar refractivity (Wildman–Crippen MR) is 66.8 cm³/mol. The van der Waals surface area contributed by atoms with E-state index in [1.807, 2.05) is 24.3 Å². The molecule has 1 aromatic carbocycles. The van der Waals surface area contributed by atoms with Gasteiger partial charge in [0, 0.05) is 6.20 Å². The molecule has 1 aromatic heterocycles. The highest BCUT2D eigenvalue weighted by Crippen LogP contribution is 2.12. The van der Waals surface area contributed by atoms with Gasteiger partial charge in [0.2, 0.25) is 0 Å². The van der Waals surface area contributed by atoms with Gasteiger partial charge in [-0.1, -0.05) is 12.1 Å². The fraction of sp³-hybridized carbons (Fsp3) is 0.286. The minimum absolute atomic E-state index is 0.327. The summed E-state index contributed by atoms with van der Waals surface area (Å²) in [6, 6.07) is 11.3. The summed E-state index contributed by atoms with van der Waals surface area (Å²) in [6.07, 6.45) is 5.95. The molecule has 0 aliphatic carbocycles. The van der Waals surface area contributed by atoms with Crippen LogP contribution in [0, 0.1) is 0 Å². The molecule has 2 rings (SSSR count). The third-order valence-electron chi connectivity index (χ3n) is 2.71. The van der Waals surface area contributed by atoms with Gasteiger partial charge in [-0.3, -0.25) is 0 Å². The molecular weight excluding hydrogens is 212 g/mol. The van der Waals surface area contributed by atoms with Gasteiger partial charge in [-0.05, 0) is 55.5 Å². The van der Waals surface area contributed by atoms with E-state index >= 15 is 0 Å². The van der Waals surface area contributed by atoms with E-state index in [-0.39, 0.29) is 0 Å². The van der Waals surface area contributed by atoms with Crippen molar-refractivity contribution in [2.45, 2.75) is 25.7 Å². The average molecular weight is 228 g/mol. The summed E-state index contributed by atoms with van der Waals surface area (Å²) in [5, 5.41) is 17.1. The first-order valence-corrected chi connectivity index (χ1v) is 5.89. The van der Waals surface area contributed by atoms with Gasteiger partial charge in [0.15, 0.2) is 0 Å². The topological polar surface area (TPSA) is 46.0 Å². The summed E-state index contributed by atoms with van der Waals surface area (Å²) < 4.78 is 0. The molecular formula is C14H16N2O. The van der Waals surface area contributed by atoms with Crippen molar-refractivity contribution in [2.75, 3.05) is 0 Å². The van der Waals surface area contributed by atoms with Crippen LogP contribution in [-0.2, 0) is 12.8 Å². The van der Waals surface area contributed by atoms with Gasteiger partial charge in [0.05, 0.1) is 5.69 Å². The predicted octanol–water partition coefficient (Wildman–Crippen LogP) is 2.75. The Balaban J connectivity index is 1.71. The van der Waals surface area contributed by atoms with Crippen LogP contribution in [0.2, 0.25) is 0 Å². The lowest BCUT2D eigenvalue weighted by atomic mass is 10.1. The third-order valence-corrected chi connectivity index (χ3v) is 2.71. The second-order valence-corrected chi connectivity index (χ2v) is 4.09. The first kappa shape index (κ1) is 11.6. The number of aromatic hydroxyl groups is 1. The fourth-order valence-corrected chi connectivity index (χ4v) is 1.76. The molecule has 0 aliphatic heterocycles. The molecule has 3 nitrogen and oxygen atoms in total. The molecule has 1 heterocycles. The Morgan fingerprint density at radius 1 is 0.941 bits per heavy atom. The van der Waals surface area contributed by atoms with Crippen LogP contribution in [0.25, 0.3) is 0 Å². The van der Waals surface area contributed by atoms with Gasteiger partial charge in [0.25, 0.3) is 0 Å². The van der Waals surface area contributed by atoms with Gasteiger partial charge >= 0.3 is 0 Å². The Bertz CT molecular complexity index is 440. The molecule has 1 N–H and O–H groups in total. The Kier molecular flexibility index (Phi) is 4.08. The monoisotopic (exact) mass is 228 g/mol. The molecule has 2 aromatic rings. The lowest BCUT2D eigenvalue weighted by Crippen LogP contribution is -1.93. The second-order valence-electron chi connectivity index (χ2n) is 4.09. The lowest BCUT2D eigenvalue weighted by molar-refractivity contribution is 0.475. The van der Waals surface area contributed by atoms with Crippen molar-refractivity contribution >= 4 is 0 Å². The summed E-state index contributed by atoms with van der Waals surface area (Å²) in [5.74, 6) is 0.327. The maximum atomic E-state index is 9.16.